The highest BCUT2D eigenvalue weighted by atomic mass is 16.7. The maximum absolute atomic E-state index is 12.4. The Bertz CT molecular complexity index is 937. The molecular weight excluding hydrogens is 366 g/mol. The van der Waals surface area contributed by atoms with Gasteiger partial charge in [0.05, 0.1) is 25.4 Å². The third kappa shape index (κ3) is 4.56. The minimum Gasteiger partial charge on any atom is -0.443 e. The van der Waals surface area contributed by atoms with E-state index in [1.165, 1.54) is 10.8 Å². The summed E-state index contributed by atoms with van der Waals surface area (Å²) in [5, 5.41) is 1.01. The fraction of sp³-hybridized carbons (Fsp3) is 0.316. The monoisotopic (exact) mass is 387 g/mol. The number of benzene rings is 1. The Kier molecular flexibility index (Phi) is 6.41. The molecule has 1 aromatic carbocycles. The van der Waals surface area contributed by atoms with Crippen LogP contribution >= 0.6 is 0 Å². The molecule has 1 amide bonds. The maximum Gasteiger partial charge on any atom is 0.436 e. The molecule has 1 aromatic heterocycles. The number of hydroxylamine groups is 2. The van der Waals surface area contributed by atoms with Gasteiger partial charge in [-0.2, -0.15) is 5.06 Å². The highest BCUT2D eigenvalue weighted by molar-refractivity contribution is 5.66. The molecule has 1 aliphatic rings. The van der Waals surface area contributed by atoms with Crippen LogP contribution < -0.4 is 11.2 Å². The number of carbonyl (C=O) groups excluding carboxylic acids is 1. The largest absolute Gasteiger partial charge is 0.443 e. The average Bonchev–Trinajstić information content (AvgIpc) is 3.18. The molecule has 0 aliphatic carbocycles. The van der Waals surface area contributed by atoms with Crippen LogP contribution in [-0.2, 0) is 27.5 Å². The normalized spacial score (nSPS) is 16.1. The van der Waals surface area contributed by atoms with Gasteiger partial charge in [-0.1, -0.05) is 36.4 Å². The number of hydrogen-bond donors (Lipinski definition) is 1. The molecule has 28 heavy (non-hydrogen) atoms. The first-order valence-electron chi connectivity index (χ1n) is 8.76. The molecule has 0 bridgehead atoms. The first kappa shape index (κ1) is 19.6. The van der Waals surface area contributed by atoms with Gasteiger partial charge in [0.2, 0.25) is 0 Å². The van der Waals surface area contributed by atoms with Gasteiger partial charge in [0.25, 0.3) is 5.56 Å². The minimum atomic E-state index is -0.731. The lowest BCUT2D eigenvalue weighted by atomic mass is 10.2. The van der Waals surface area contributed by atoms with E-state index in [1.807, 2.05) is 30.3 Å². The van der Waals surface area contributed by atoms with Gasteiger partial charge in [0.1, 0.15) is 12.8 Å². The lowest BCUT2D eigenvalue weighted by molar-refractivity contribution is -0.126. The molecule has 2 aromatic rings. The number of aromatic amines is 1. The molecule has 0 saturated carbocycles. The second kappa shape index (κ2) is 9.16. The summed E-state index contributed by atoms with van der Waals surface area (Å²) in [4.78, 5) is 44.3. The number of carbonyl (C=O) groups is 1. The summed E-state index contributed by atoms with van der Waals surface area (Å²) in [5.41, 5.74) is -0.100. The molecule has 0 spiro atoms. The number of nitrogens with zero attached hydrogens (tertiary/aromatic N) is 2. The smallest absolute Gasteiger partial charge is 0.436 e. The van der Waals surface area contributed by atoms with Crippen molar-refractivity contribution in [2.45, 2.75) is 25.8 Å². The van der Waals surface area contributed by atoms with Gasteiger partial charge in [-0.15, -0.1) is 6.58 Å². The SMILES string of the molecule is C=CCOCc1cn(C2CCON2C(=O)OCc2ccccc2)c(=O)[nH]c1=O. The predicted molar refractivity (Wildman–Crippen MR) is 99.2 cm³/mol. The Morgan fingerprint density at radius 1 is 1.29 bits per heavy atom. The van der Waals surface area contributed by atoms with E-state index in [-0.39, 0.29) is 32.0 Å². The summed E-state index contributed by atoms with van der Waals surface area (Å²) in [6.07, 6.45) is 1.86. The second-order valence-corrected chi connectivity index (χ2v) is 6.09. The van der Waals surface area contributed by atoms with Crippen LogP contribution in [-0.4, -0.2) is 33.9 Å². The van der Waals surface area contributed by atoms with E-state index in [0.29, 0.717) is 6.42 Å². The van der Waals surface area contributed by atoms with Crippen molar-refractivity contribution in [3.63, 3.8) is 0 Å². The zero-order valence-corrected chi connectivity index (χ0v) is 15.2. The van der Waals surface area contributed by atoms with Crippen LogP contribution in [0.4, 0.5) is 4.79 Å². The zero-order chi connectivity index (χ0) is 19.9. The van der Waals surface area contributed by atoms with Gasteiger partial charge in [0.15, 0.2) is 0 Å². The van der Waals surface area contributed by atoms with Gasteiger partial charge in [-0.25, -0.2) is 9.59 Å². The summed E-state index contributed by atoms with van der Waals surface area (Å²) in [6, 6.07) is 9.21. The Hall–Kier alpha value is -3.17. The maximum atomic E-state index is 12.4. The number of hydrogen-bond acceptors (Lipinski definition) is 6. The van der Waals surface area contributed by atoms with E-state index < -0.39 is 23.5 Å². The van der Waals surface area contributed by atoms with Crippen molar-refractivity contribution in [3.8, 4) is 0 Å². The molecule has 1 aliphatic heterocycles. The van der Waals surface area contributed by atoms with Crippen molar-refractivity contribution < 1.29 is 19.1 Å². The fourth-order valence-corrected chi connectivity index (χ4v) is 2.77. The highest BCUT2D eigenvalue weighted by Gasteiger charge is 2.34. The van der Waals surface area contributed by atoms with E-state index in [2.05, 4.69) is 11.6 Å². The predicted octanol–water partition coefficient (Wildman–Crippen LogP) is 1.71. The van der Waals surface area contributed by atoms with Crippen molar-refractivity contribution in [1.29, 1.82) is 0 Å². The number of nitrogens with one attached hydrogen (secondary N) is 1. The topological polar surface area (TPSA) is 103 Å². The molecule has 9 heteroatoms. The molecular formula is C19H21N3O6. The van der Waals surface area contributed by atoms with E-state index in [4.69, 9.17) is 14.3 Å². The molecule has 1 atom stereocenters. The average molecular weight is 387 g/mol. The number of H-pyrrole nitrogens is 1. The quantitative estimate of drug-likeness (QED) is 0.573. The van der Waals surface area contributed by atoms with Gasteiger partial charge in [-0.3, -0.25) is 19.2 Å². The van der Waals surface area contributed by atoms with Crippen LogP contribution in [0.15, 0.2) is 58.8 Å². The highest BCUT2D eigenvalue weighted by Crippen LogP contribution is 2.24. The summed E-state index contributed by atoms with van der Waals surface area (Å²) in [5.74, 6) is 0. The third-order valence-electron chi connectivity index (χ3n) is 4.12. The molecule has 148 valence electrons. The number of rotatable bonds is 7. The molecule has 2 heterocycles. The van der Waals surface area contributed by atoms with E-state index in [0.717, 1.165) is 10.6 Å². The van der Waals surface area contributed by atoms with Crippen LogP contribution in [0.3, 0.4) is 0 Å². The fourth-order valence-electron chi connectivity index (χ4n) is 2.77. The van der Waals surface area contributed by atoms with Crippen LogP contribution in [0.1, 0.15) is 23.7 Å². The van der Waals surface area contributed by atoms with Crippen molar-refractivity contribution in [1.82, 2.24) is 14.6 Å². The summed E-state index contributed by atoms with van der Waals surface area (Å²) in [7, 11) is 0. The van der Waals surface area contributed by atoms with E-state index in [9.17, 15) is 14.4 Å². The Labute approximate surface area is 160 Å². The first-order valence-corrected chi connectivity index (χ1v) is 8.76. The van der Waals surface area contributed by atoms with Crippen LogP contribution in [0.2, 0.25) is 0 Å². The van der Waals surface area contributed by atoms with Gasteiger partial charge < -0.3 is 9.47 Å². The van der Waals surface area contributed by atoms with Gasteiger partial charge in [0, 0.05) is 12.6 Å². The summed E-state index contributed by atoms with van der Waals surface area (Å²) in [6.45, 7) is 4.12. The lowest BCUT2D eigenvalue weighted by Crippen LogP contribution is -2.40. The van der Waals surface area contributed by atoms with Crippen molar-refractivity contribution in [2.75, 3.05) is 13.2 Å². The van der Waals surface area contributed by atoms with Crippen molar-refractivity contribution in [2.24, 2.45) is 0 Å². The molecule has 3 rings (SSSR count). The van der Waals surface area contributed by atoms with Crippen LogP contribution in [0.5, 0.6) is 0 Å². The van der Waals surface area contributed by atoms with Crippen molar-refractivity contribution in [3.05, 3.63) is 81.1 Å². The number of aromatic nitrogens is 2. The summed E-state index contributed by atoms with van der Waals surface area (Å²) >= 11 is 0. The van der Waals surface area contributed by atoms with Crippen molar-refractivity contribution >= 4 is 6.09 Å². The second-order valence-electron chi connectivity index (χ2n) is 6.09. The Balaban J connectivity index is 1.75. The first-order chi connectivity index (χ1) is 13.6. The van der Waals surface area contributed by atoms with Gasteiger partial charge in [-0.05, 0) is 5.56 Å². The number of ether oxygens (including phenoxy) is 2. The molecule has 1 unspecified atom stereocenters. The molecule has 1 saturated heterocycles. The third-order valence-corrected chi connectivity index (χ3v) is 4.12. The standard InChI is InChI=1S/C19H21N3O6/c1-2-9-26-13-15-11-21(18(24)20-17(15)23)16-8-10-28-22(16)19(25)27-12-14-6-4-3-5-7-14/h2-7,11,16H,1,8-10,12-13H2,(H,20,23,24). The Morgan fingerprint density at radius 2 is 2.07 bits per heavy atom. The van der Waals surface area contributed by atoms with Gasteiger partial charge >= 0.3 is 11.8 Å². The van der Waals surface area contributed by atoms with E-state index >= 15 is 0 Å². The van der Waals surface area contributed by atoms with Crippen LogP contribution in [0, 0.1) is 0 Å². The molecule has 1 N–H and O–H groups in total. The van der Waals surface area contributed by atoms with E-state index in [1.54, 1.807) is 6.08 Å². The summed E-state index contributed by atoms with van der Waals surface area (Å²) < 4.78 is 11.8. The zero-order valence-electron chi connectivity index (χ0n) is 15.2. The molecule has 9 nitrogen and oxygen atoms in total. The lowest BCUT2D eigenvalue weighted by Gasteiger charge is -2.23. The van der Waals surface area contributed by atoms with Crippen LogP contribution in [0.25, 0.3) is 0 Å². The molecule has 0 radical (unpaired) electrons. The Morgan fingerprint density at radius 3 is 2.82 bits per heavy atom. The molecule has 1 fully saturated rings. The minimum absolute atomic E-state index is 0.00760. The number of amides is 1.